The fraction of sp³-hybridized carbons (Fsp3) is 0.667. The molecule has 29 heavy (non-hydrogen) atoms. The van der Waals surface area contributed by atoms with Gasteiger partial charge in [0.15, 0.2) is 9.84 Å². The van der Waals surface area contributed by atoms with Crippen molar-refractivity contribution in [2.24, 2.45) is 5.92 Å². The van der Waals surface area contributed by atoms with Crippen LogP contribution in [-0.4, -0.2) is 56.6 Å². The summed E-state index contributed by atoms with van der Waals surface area (Å²) in [5, 5.41) is 2.99. The van der Waals surface area contributed by atoms with Gasteiger partial charge in [0.2, 0.25) is 5.91 Å². The Kier molecular flexibility index (Phi) is 6.94. The molecule has 5 nitrogen and oxygen atoms in total. The van der Waals surface area contributed by atoms with Crippen LogP contribution in [0.4, 0.5) is 8.78 Å². The third kappa shape index (κ3) is 6.47. The highest BCUT2D eigenvalue weighted by Crippen LogP contribution is 2.29. The summed E-state index contributed by atoms with van der Waals surface area (Å²) in [7, 11) is -3.31. The Morgan fingerprint density at radius 2 is 1.83 bits per heavy atom. The van der Waals surface area contributed by atoms with E-state index >= 15 is 0 Å². The zero-order chi connectivity index (χ0) is 21.1. The van der Waals surface area contributed by atoms with Crippen LogP contribution >= 0.6 is 0 Å². The molecule has 1 aromatic carbocycles. The third-order valence-electron chi connectivity index (χ3n) is 5.97. The van der Waals surface area contributed by atoms with Gasteiger partial charge in [0.1, 0.15) is 0 Å². The molecule has 0 bridgehead atoms. The van der Waals surface area contributed by atoms with Gasteiger partial charge in [-0.2, -0.15) is 0 Å². The Bertz CT molecular complexity index is 811. The van der Waals surface area contributed by atoms with Crippen molar-refractivity contribution < 1.29 is 22.0 Å². The van der Waals surface area contributed by atoms with Crippen LogP contribution in [0.1, 0.15) is 44.1 Å². The highest BCUT2D eigenvalue weighted by Gasteiger charge is 2.34. The lowest BCUT2D eigenvalue weighted by Gasteiger charge is -2.32. The van der Waals surface area contributed by atoms with E-state index in [9.17, 15) is 22.0 Å². The number of nitrogens with one attached hydrogen (secondary N) is 1. The van der Waals surface area contributed by atoms with E-state index in [1.807, 2.05) is 13.0 Å². The number of nitrogens with zero attached hydrogens (tertiary/aromatic N) is 1. The molecule has 1 aromatic rings. The number of piperidine rings is 1. The summed E-state index contributed by atoms with van der Waals surface area (Å²) in [6.07, 6.45) is 2.62. The van der Waals surface area contributed by atoms with Crippen LogP contribution in [0.15, 0.2) is 29.2 Å². The minimum absolute atomic E-state index is 0.0339. The van der Waals surface area contributed by atoms with Crippen molar-refractivity contribution in [3.05, 3.63) is 29.8 Å². The van der Waals surface area contributed by atoms with E-state index in [2.05, 4.69) is 5.32 Å². The average molecular weight is 429 g/mol. The van der Waals surface area contributed by atoms with Gasteiger partial charge >= 0.3 is 0 Å². The molecule has 1 aliphatic heterocycles. The molecule has 0 unspecified atom stereocenters. The number of halogens is 2. The third-order valence-corrected chi connectivity index (χ3v) is 7.85. The SMILES string of the molecule is Cc1cccc(S(=O)(=O)CC2CCC(NC(=O)CN3CCC(F)(F)CC3)CC2)c1. The van der Waals surface area contributed by atoms with Crippen molar-refractivity contribution in [1.29, 1.82) is 0 Å². The van der Waals surface area contributed by atoms with Gasteiger partial charge in [0.25, 0.3) is 5.92 Å². The van der Waals surface area contributed by atoms with Gasteiger partial charge in [0.05, 0.1) is 17.2 Å². The second kappa shape index (κ2) is 9.08. The summed E-state index contributed by atoms with van der Waals surface area (Å²) >= 11 is 0. The van der Waals surface area contributed by atoms with E-state index in [0.29, 0.717) is 4.90 Å². The molecule has 1 amide bonds. The molecule has 1 heterocycles. The topological polar surface area (TPSA) is 66.5 Å². The quantitative estimate of drug-likeness (QED) is 0.756. The first kappa shape index (κ1) is 22.2. The van der Waals surface area contributed by atoms with E-state index in [1.54, 1.807) is 23.1 Å². The molecule has 8 heteroatoms. The Morgan fingerprint density at radius 1 is 1.17 bits per heavy atom. The van der Waals surface area contributed by atoms with Crippen molar-refractivity contribution in [2.75, 3.05) is 25.4 Å². The second-order valence-corrected chi connectivity index (χ2v) is 10.5. The van der Waals surface area contributed by atoms with Gasteiger partial charge in [-0.1, -0.05) is 12.1 Å². The number of rotatable bonds is 6. The molecule has 1 aliphatic carbocycles. The summed E-state index contributed by atoms with van der Waals surface area (Å²) in [4.78, 5) is 14.4. The lowest BCUT2D eigenvalue weighted by atomic mass is 9.87. The van der Waals surface area contributed by atoms with Crippen LogP contribution in [0.25, 0.3) is 0 Å². The van der Waals surface area contributed by atoms with Crippen molar-refractivity contribution in [3.8, 4) is 0 Å². The highest BCUT2D eigenvalue weighted by molar-refractivity contribution is 7.91. The minimum Gasteiger partial charge on any atom is -0.352 e. The lowest BCUT2D eigenvalue weighted by molar-refractivity contribution is -0.125. The maximum Gasteiger partial charge on any atom is 0.250 e. The van der Waals surface area contributed by atoms with E-state index in [4.69, 9.17) is 0 Å². The number of hydrogen-bond acceptors (Lipinski definition) is 4. The van der Waals surface area contributed by atoms with Gasteiger partial charge in [-0.3, -0.25) is 9.69 Å². The van der Waals surface area contributed by atoms with E-state index < -0.39 is 15.8 Å². The zero-order valence-electron chi connectivity index (χ0n) is 16.9. The molecule has 0 atom stereocenters. The van der Waals surface area contributed by atoms with Crippen molar-refractivity contribution >= 4 is 15.7 Å². The summed E-state index contributed by atoms with van der Waals surface area (Å²) in [6.45, 7) is 2.51. The average Bonchev–Trinajstić information content (AvgIpc) is 2.65. The van der Waals surface area contributed by atoms with Crippen LogP contribution in [0, 0.1) is 12.8 Å². The zero-order valence-corrected chi connectivity index (χ0v) is 17.7. The first-order valence-electron chi connectivity index (χ1n) is 10.3. The van der Waals surface area contributed by atoms with Crippen LogP contribution in [-0.2, 0) is 14.6 Å². The van der Waals surface area contributed by atoms with Gasteiger partial charge in [-0.05, 0) is 56.2 Å². The van der Waals surface area contributed by atoms with Gasteiger partial charge in [-0.15, -0.1) is 0 Å². The number of likely N-dealkylation sites (tertiary alicyclic amines) is 1. The Labute approximate surface area is 171 Å². The summed E-state index contributed by atoms with van der Waals surface area (Å²) in [6, 6.07) is 7.02. The van der Waals surface area contributed by atoms with E-state index in [0.717, 1.165) is 31.2 Å². The maximum absolute atomic E-state index is 13.2. The molecule has 1 saturated carbocycles. The summed E-state index contributed by atoms with van der Waals surface area (Å²) in [5.41, 5.74) is 0.926. The molecule has 0 radical (unpaired) electrons. The Morgan fingerprint density at radius 3 is 2.45 bits per heavy atom. The Balaban J connectivity index is 1.42. The smallest absolute Gasteiger partial charge is 0.250 e. The maximum atomic E-state index is 13.2. The number of aryl methyl sites for hydroxylation is 1. The standard InChI is InChI=1S/C21H30F2N2O3S/c1-16-3-2-4-19(13-16)29(27,28)15-17-5-7-18(8-6-17)24-20(26)14-25-11-9-21(22,23)10-12-25/h2-4,13,17-18H,5-12,14-15H2,1H3,(H,24,26). The first-order chi connectivity index (χ1) is 13.6. The predicted octanol–water partition coefficient (Wildman–Crippen LogP) is 3.17. The predicted molar refractivity (Wildman–Crippen MR) is 108 cm³/mol. The Hall–Kier alpha value is -1.54. The molecule has 3 rings (SSSR count). The summed E-state index contributed by atoms with van der Waals surface area (Å²) in [5.74, 6) is -2.51. The fourth-order valence-corrected chi connectivity index (χ4v) is 6.00. The van der Waals surface area contributed by atoms with Gasteiger partial charge in [-0.25, -0.2) is 17.2 Å². The fourth-order valence-electron chi connectivity index (χ4n) is 4.20. The number of carbonyl (C=O) groups is 1. The lowest BCUT2D eigenvalue weighted by Crippen LogP contribution is -2.47. The number of hydrogen-bond donors (Lipinski definition) is 1. The molecular formula is C21H30F2N2O3S. The first-order valence-corrected chi connectivity index (χ1v) is 12.0. The molecule has 0 aromatic heterocycles. The monoisotopic (exact) mass is 428 g/mol. The molecule has 1 saturated heterocycles. The summed E-state index contributed by atoms with van der Waals surface area (Å²) < 4.78 is 51.7. The molecular weight excluding hydrogens is 398 g/mol. The second-order valence-electron chi connectivity index (χ2n) is 8.52. The van der Waals surface area contributed by atoms with Crippen molar-refractivity contribution in [3.63, 3.8) is 0 Å². The van der Waals surface area contributed by atoms with Crippen LogP contribution < -0.4 is 5.32 Å². The molecule has 2 aliphatic rings. The molecule has 2 fully saturated rings. The van der Waals surface area contributed by atoms with E-state index in [1.165, 1.54) is 0 Å². The largest absolute Gasteiger partial charge is 0.352 e. The normalized spacial score (nSPS) is 25.5. The number of carbonyl (C=O) groups excluding carboxylic acids is 1. The number of alkyl halides is 2. The minimum atomic E-state index is -3.31. The number of amides is 1. The van der Waals surface area contributed by atoms with Crippen molar-refractivity contribution in [1.82, 2.24) is 10.2 Å². The van der Waals surface area contributed by atoms with Crippen molar-refractivity contribution in [2.45, 2.75) is 62.3 Å². The van der Waals surface area contributed by atoms with Crippen LogP contribution in [0.2, 0.25) is 0 Å². The van der Waals surface area contributed by atoms with E-state index in [-0.39, 0.29) is 56.1 Å². The van der Waals surface area contributed by atoms with Gasteiger partial charge < -0.3 is 5.32 Å². The highest BCUT2D eigenvalue weighted by atomic mass is 32.2. The van der Waals surface area contributed by atoms with Gasteiger partial charge in [0, 0.05) is 32.0 Å². The molecule has 1 N–H and O–H groups in total. The molecule has 0 spiro atoms. The molecule has 162 valence electrons. The van der Waals surface area contributed by atoms with Crippen LogP contribution in [0.5, 0.6) is 0 Å². The van der Waals surface area contributed by atoms with Crippen LogP contribution in [0.3, 0.4) is 0 Å². The number of benzene rings is 1. The number of sulfone groups is 1.